The number of nitrogens with one attached hydrogen (secondary N) is 1. The molecule has 4 aromatic rings. The van der Waals surface area contributed by atoms with Crippen molar-refractivity contribution in [2.75, 3.05) is 5.32 Å². The molecule has 0 aliphatic heterocycles. The van der Waals surface area contributed by atoms with Crippen molar-refractivity contribution in [2.24, 2.45) is 0 Å². The molecule has 0 saturated heterocycles. The summed E-state index contributed by atoms with van der Waals surface area (Å²) in [5, 5.41) is 11.8. The first-order valence-corrected chi connectivity index (χ1v) is 8.84. The third-order valence-corrected chi connectivity index (χ3v) is 4.39. The van der Waals surface area contributed by atoms with Gasteiger partial charge in [0.2, 0.25) is 11.8 Å². The zero-order chi connectivity index (χ0) is 19.5. The van der Waals surface area contributed by atoms with Crippen LogP contribution in [-0.2, 0) is 0 Å². The predicted octanol–water partition coefficient (Wildman–Crippen LogP) is 5.87. The number of para-hydroxylation sites is 1. The van der Waals surface area contributed by atoms with Crippen LogP contribution in [0.15, 0.2) is 77.2 Å². The van der Waals surface area contributed by atoms with Gasteiger partial charge in [0.15, 0.2) is 0 Å². The number of halogens is 3. The van der Waals surface area contributed by atoms with Crippen molar-refractivity contribution in [2.45, 2.75) is 6.04 Å². The van der Waals surface area contributed by atoms with Crippen LogP contribution >= 0.6 is 11.6 Å². The molecule has 0 saturated carbocycles. The number of benzene rings is 3. The predicted molar refractivity (Wildman–Crippen MR) is 103 cm³/mol. The molecule has 0 amide bonds. The lowest BCUT2D eigenvalue weighted by atomic mass is 10.1. The van der Waals surface area contributed by atoms with Crippen LogP contribution in [0.1, 0.15) is 17.5 Å². The van der Waals surface area contributed by atoms with Gasteiger partial charge < -0.3 is 9.73 Å². The Labute approximate surface area is 164 Å². The standard InChI is InChI=1S/C21H14ClF2N3O/c22-15-10-8-13(9-11-15)19(25-18-7-2-1-6-17(18)24)21-27-26-20(28-21)14-4-3-5-16(23)12-14/h1-12,19,25H/t19-/m1/s1. The Morgan fingerprint density at radius 1 is 0.893 bits per heavy atom. The molecule has 0 bridgehead atoms. The molecule has 1 heterocycles. The van der Waals surface area contributed by atoms with Crippen molar-refractivity contribution in [3.8, 4) is 11.5 Å². The van der Waals surface area contributed by atoms with Crippen molar-refractivity contribution in [1.29, 1.82) is 0 Å². The fourth-order valence-electron chi connectivity index (χ4n) is 2.77. The molecule has 0 spiro atoms. The zero-order valence-electron chi connectivity index (χ0n) is 14.4. The lowest BCUT2D eigenvalue weighted by molar-refractivity contribution is 0.492. The summed E-state index contributed by atoms with van der Waals surface area (Å²) in [6.45, 7) is 0. The second-order valence-corrected chi connectivity index (χ2v) is 6.50. The van der Waals surface area contributed by atoms with E-state index in [0.717, 1.165) is 5.56 Å². The van der Waals surface area contributed by atoms with Gasteiger partial charge in [-0.15, -0.1) is 10.2 Å². The Hall–Kier alpha value is -3.25. The van der Waals surface area contributed by atoms with Gasteiger partial charge in [-0.25, -0.2) is 8.78 Å². The molecule has 7 heteroatoms. The molecule has 1 atom stereocenters. The zero-order valence-corrected chi connectivity index (χ0v) is 15.2. The van der Waals surface area contributed by atoms with Gasteiger partial charge in [-0.05, 0) is 48.0 Å². The summed E-state index contributed by atoms with van der Waals surface area (Å²) in [6, 6.07) is 18.5. The van der Waals surface area contributed by atoms with Gasteiger partial charge in [0.05, 0.1) is 5.69 Å². The Balaban J connectivity index is 1.73. The highest BCUT2D eigenvalue weighted by Gasteiger charge is 2.22. The normalized spacial score (nSPS) is 12.0. The molecule has 1 aromatic heterocycles. The summed E-state index contributed by atoms with van der Waals surface area (Å²) >= 11 is 5.98. The maximum Gasteiger partial charge on any atom is 0.247 e. The molecule has 0 aliphatic carbocycles. The van der Waals surface area contributed by atoms with Crippen molar-refractivity contribution < 1.29 is 13.2 Å². The number of hydrogen-bond acceptors (Lipinski definition) is 4. The van der Waals surface area contributed by atoms with Gasteiger partial charge in [-0.2, -0.15) is 0 Å². The molecule has 4 rings (SSSR count). The average Bonchev–Trinajstić information content (AvgIpc) is 3.18. The summed E-state index contributed by atoms with van der Waals surface area (Å²) in [5.41, 5.74) is 1.49. The number of nitrogens with zero attached hydrogens (tertiary/aromatic N) is 2. The van der Waals surface area contributed by atoms with Gasteiger partial charge in [-0.3, -0.25) is 0 Å². The van der Waals surface area contributed by atoms with Crippen LogP contribution in [-0.4, -0.2) is 10.2 Å². The molecule has 28 heavy (non-hydrogen) atoms. The lowest BCUT2D eigenvalue weighted by Crippen LogP contribution is -2.13. The minimum absolute atomic E-state index is 0.170. The van der Waals surface area contributed by atoms with E-state index in [9.17, 15) is 8.78 Å². The summed E-state index contributed by atoms with van der Waals surface area (Å²) in [4.78, 5) is 0. The number of rotatable bonds is 5. The first-order valence-electron chi connectivity index (χ1n) is 8.46. The molecule has 4 nitrogen and oxygen atoms in total. The average molecular weight is 398 g/mol. The molecule has 1 N–H and O–H groups in total. The molecule has 140 valence electrons. The molecule has 0 radical (unpaired) electrons. The molecule has 0 fully saturated rings. The van der Waals surface area contributed by atoms with Gasteiger partial charge >= 0.3 is 0 Å². The molecule has 3 aromatic carbocycles. The Kier molecular flexibility index (Phi) is 5.04. The third kappa shape index (κ3) is 3.87. The van der Waals surface area contributed by atoms with Crippen LogP contribution in [0.25, 0.3) is 11.5 Å². The van der Waals surface area contributed by atoms with Crippen LogP contribution < -0.4 is 5.32 Å². The van der Waals surface area contributed by atoms with E-state index in [4.69, 9.17) is 16.0 Å². The Morgan fingerprint density at radius 3 is 2.43 bits per heavy atom. The van der Waals surface area contributed by atoms with Crippen molar-refractivity contribution >= 4 is 17.3 Å². The third-order valence-electron chi connectivity index (χ3n) is 4.14. The van der Waals surface area contributed by atoms with Crippen LogP contribution in [0.4, 0.5) is 14.5 Å². The van der Waals surface area contributed by atoms with Gasteiger partial charge in [-0.1, -0.05) is 41.9 Å². The van der Waals surface area contributed by atoms with E-state index in [-0.39, 0.29) is 17.5 Å². The maximum absolute atomic E-state index is 14.2. The number of hydrogen-bond donors (Lipinski definition) is 1. The second kappa shape index (κ2) is 7.78. The largest absolute Gasteiger partial charge is 0.418 e. The highest BCUT2D eigenvalue weighted by Crippen LogP contribution is 2.30. The Bertz CT molecular complexity index is 1100. The first kappa shape index (κ1) is 18.1. The molecular weight excluding hydrogens is 384 g/mol. The Morgan fingerprint density at radius 2 is 1.68 bits per heavy atom. The van der Waals surface area contributed by atoms with Crippen molar-refractivity contribution in [3.63, 3.8) is 0 Å². The quantitative estimate of drug-likeness (QED) is 0.457. The van der Waals surface area contributed by atoms with E-state index in [1.165, 1.54) is 18.2 Å². The minimum atomic E-state index is -0.621. The van der Waals surface area contributed by atoms with E-state index < -0.39 is 17.7 Å². The van der Waals surface area contributed by atoms with E-state index in [1.54, 1.807) is 54.6 Å². The maximum atomic E-state index is 14.2. The fraction of sp³-hybridized carbons (Fsp3) is 0.0476. The summed E-state index contributed by atoms with van der Waals surface area (Å²) in [6.07, 6.45) is 0. The second-order valence-electron chi connectivity index (χ2n) is 6.06. The highest BCUT2D eigenvalue weighted by atomic mass is 35.5. The SMILES string of the molecule is Fc1cccc(-c2nnc([C@H](Nc3ccccc3F)c3ccc(Cl)cc3)o2)c1. The van der Waals surface area contributed by atoms with Crippen LogP contribution in [0.3, 0.4) is 0 Å². The van der Waals surface area contributed by atoms with Crippen molar-refractivity contribution in [3.05, 3.63) is 101 Å². The first-order chi connectivity index (χ1) is 13.6. The van der Waals surface area contributed by atoms with Crippen LogP contribution in [0, 0.1) is 11.6 Å². The monoisotopic (exact) mass is 397 g/mol. The van der Waals surface area contributed by atoms with E-state index >= 15 is 0 Å². The van der Waals surface area contributed by atoms with E-state index in [0.29, 0.717) is 10.6 Å². The molecular formula is C21H14ClF2N3O. The van der Waals surface area contributed by atoms with Gasteiger partial charge in [0.25, 0.3) is 0 Å². The van der Waals surface area contributed by atoms with E-state index in [1.807, 2.05) is 0 Å². The molecule has 0 unspecified atom stereocenters. The summed E-state index contributed by atoms with van der Waals surface area (Å²) in [7, 11) is 0. The number of anilines is 1. The lowest BCUT2D eigenvalue weighted by Gasteiger charge is -2.17. The van der Waals surface area contributed by atoms with Crippen LogP contribution in [0.2, 0.25) is 5.02 Å². The smallest absolute Gasteiger partial charge is 0.247 e. The van der Waals surface area contributed by atoms with Gasteiger partial charge in [0, 0.05) is 10.6 Å². The molecule has 0 aliphatic rings. The van der Waals surface area contributed by atoms with Gasteiger partial charge in [0.1, 0.15) is 17.7 Å². The highest BCUT2D eigenvalue weighted by molar-refractivity contribution is 6.30. The van der Waals surface area contributed by atoms with Crippen LogP contribution in [0.5, 0.6) is 0 Å². The summed E-state index contributed by atoms with van der Waals surface area (Å²) in [5.74, 6) is -0.434. The fourth-order valence-corrected chi connectivity index (χ4v) is 2.89. The van der Waals surface area contributed by atoms with E-state index in [2.05, 4.69) is 15.5 Å². The van der Waals surface area contributed by atoms with Crippen molar-refractivity contribution in [1.82, 2.24) is 10.2 Å². The summed E-state index contributed by atoms with van der Waals surface area (Å²) < 4.78 is 33.4. The topological polar surface area (TPSA) is 51.0 Å². The minimum Gasteiger partial charge on any atom is -0.418 e. The number of aromatic nitrogens is 2.